The van der Waals surface area contributed by atoms with Gasteiger partial charge in [0.1, 0.15) is 11.6 Å². The number of hydrogen-bond acceptors (Lipinski definition) is 2. The van der Waals surface area contributed by atoms with Crippen molar-refractivity contribution in [3.05, 3.63) is 58.3 Å². The number of aromatic nitrogens is 2. The maximum Gasteiger partial charge on any atom is 0.153 e. The van der Waals surface area contributed by atoms with Crippen molar-refractivity contribution in [1.82, 2.24) is 9.97 Å². The highest BCUT2D eigenvalue weighted by molar-refractivity contribution is 6.42. The fourth-order valence-corrected chi connectivity index (χ4v) is 2.30. The molecular formula is C15H12Cl2N2O. The van der Waals surface area contributed by atoms with E-state index in [0.29, 0.717) is 10.0 Å². The molecule has 0 bridgehead atoms. The number of nitrogens with zero attached hydrogens (tertiary/aromatic N) is 1. The number of rotatable bonds is 3. The Labute approximate surface area is 126 Å². The summed E-state index contributed by atoms with van der Waals surface area (Å²) < 4.78 is 5.83. The standard InChI is InChI=1S/C15H12Cl2N2O/c1-9(20-10-5-3-2-4-6-10)15-18-13-7-11(16)12(17)8-14(13)19-15/h2-9H,1H3,(H,18,19)/t9-/m1/s1. The van der Waals surface area contributed by atoms with Gasteiger partial charge in [0, 0.05) is 0 Å². The third-order valence-corrected chi connectivity index (χ3v) is 3.71. The van der Waals surface area contributed by atoms with E-state index in [1.54, 1.807) is 12.1 Å². The molecule has 3 rings (SSSR count). The van der Waals surface area contributed by atoms with E-state index in [-0.39, 0.29) is 6.10 Å². The Bertz CT molecular complexity index is 701. The van der Waals surface area contributed by atoms with E-state index in [9.17, 15) is 0 Å². The van der Waals surface area contributed by atoms with Gasteiger partial charge in [-0.2, -0.15) is 0 Å². The fourth-order valence-electron chi connectivity index (χ4n) is 1.98. The Morgan fingerprint density at radius 3 is 2.55 bits per heavy atom. The van der Waals surface area contributed by atoms with Crippen molar-refractivity contribution in [3.63, 3.8) is 0 Å². The van der Waals surface area contributed by atoms with Crippen LogP contribution in [0.15, 0.2) is 42.5 Å². The van der Waals surface area contributed by atoms with Crippen LogP contribution in [0.3, 0.4) is 0 Å². The van der Waals surface area contributed by atoms with Crippen LogP contribution in [0.4, 0.5) is 0 Å². The zero-order chi connectivity index (χ0) is 14.1. The fraction of sp³-hybridized carbons (Fsp3) is 0.133. The number of fused-ring (bicyclic) bond motifs is 1. The van der Waals surface area contributed by atoms with Crippen LogP contribution in [0.5, 0.6) is 5.75 Å². The molecule has 0 saturated carbocycles. The molecule has 0 unspecified atom stereocenters. The summed E-state index contributed by atoms with van der Waals surface area (Å²) in [5, 5.41) is 1.000. The number of hydrogen-bond donors (Lipinski definition) is 1. The molecule has 2 aromatic carbocycles. The molecule has 3 nitrogen and oxygen atoms in total. The molecule has 0 saturated heterocycles. The number of imidazole rings is 1. The van der Waals surface area contributed by atoms with Gasteiger partial charge >= 0.3 is 0 Å². The van der Waals surface area contributed by atoms with Crippen LogP contribution in [0.2, 0.25) is 10.0 Å². The van der Waals surface area contributed by atoms with Crippen LogP contribution in [0.25, 0.3) is 11.0 Å². The largest absolute Gasteiger partial charge is 0.483 e. The van der Waals surface area contributed by atoms with Gasteiger partial charge in [-0.15, -0.1) is 0 Å². The second kappa shape index (κ2) is 5.35. The maximum absolute atomic E-state index is 6.00. The molecule has 0 fully saturated rings. The first kappa shape index (κ1) is 13.3. The summed E-state index contributed by atoms with van der Waals surface area (Å²) in [7, 11) is 0. The van der Waals surface area contributed by atoms with Gasteiger partial charge in [0.15, 0.2) is 6.10 Å². The molecule has 0 spiro atoms. The van der Waals surface area contributed by atoms with Gasteiger partial charge in [0.25, 0.3) is 0 Å². The van der Waals surface area contributed by atoms with Crippen LogP contribution in [-0.2, 0) is 0 Å². The van der Waals surface area contributed by atoms with E-state index < -0.39 is 0 Å². The third kappa shape index (κ3) is 2.60. The zero-order valence-electron chi connectivity index (χ0n) is 10.7. The van der Waals surface area contributed by atoms with E-state index in [1.807, 2.05) is 37.3 Å². The average molecular weight is 307 g/mol. The molecule has 3 aromatic rings. The summed E-state index contributed by atoms with van der Waals surface area (Å²) in [6.07, 6.45) is -0.192. The average Bonchev–Trinajstić information content (AvgIpc) is 2.83. The van der Waals surface area contributed by atoms with Crippen molar-refractivity contribution in [3.8, 4) is 5.75 Å². The molecular weight excluding hydrogens is 295 g/mol. The van der Waals surface area contributed by atoms with Gasteiger partial charge in [-0.25, -0.2) is 4.98 Å². The highest BCUT2D eigenvalue weighted by Gasteiger charge is 2.13. The van der Waals surface area contributed by atoms with E-state index in [4.69, 9.17) is 27.9 Å². The molecule has 0 aliphatic heterocycles. The lowest BCUT2D eigenvalue weighted by molar-refractivity contribution is 0.218. The van der Waals surface area contributed by atoms with E-state index in [0.717, 1.165) is 22.6 Å². The number of ether oxygens (including phenoxy) is 1. The molecule has 1 heterocycles. The summed E-state index contributed by atoms with van der Waals surface area (Å²) in [6.45, 7) is 1.94. The number of halogens is 2. The summed E-state index contributed by atoms with van der Waals surface area (Å²) in [5.41, 5.74) is 1.62. The molecule has 0 aliphatic carbocycles. The predicted octanol–water partition coefficient (Wildman–Crippen LogP) is 5.01. The van der Waals surface area contributed by atoms with Crippen LogP contribution in [0.1, 0.15) is 18.9 Å². The van der Waals surface area contributed by atoms with Gasteiger partial charge in [0.05, 0.1) is 21.1 Å². The second-order valence-electron chi connectivity index (χ2n) is 4.48. The minimum atomic E-state index is -0.192. The highest BCUT2D eigenvalue weighted by Crippen LogP contribution is 2.28. The minimum absolute atomic E-state index is 0.192. The molecule has 0 aliphatic rings. The van der Waals surface area contributed by atoms with Gasteiger partial charge < -0.3 is 9.72 Å². The van der Waals surface area contributed by atoms with E-state index >= 15 is 0 Å². The van der Waals surface area contributed by atoms with Gasteiger partial charge in [-0.3, -0.25) is 0 Å². The van der Waals surface area contributed by atoms with Gasteiger partial charge in [-0.05, 0) is 31.2 Å². The Hall–Kier alpha value is -1.71. The molecule has 5 heteroatoms. The van der Waals surface area contributed by atoms with E-state index in [1.165, 1.54) is 0 Å². The summed E-state index contributed by atoms with van der Waals surface area (Å²) in [4.78, 5) is 7.69. The number of H-pyrrole nitrogens is 1. The summed E-state index contributed by atoms with van der Waals surface area (Å²) >= 11 is 12.0. The number of para-hydroxylation sites is 1. The molecule has 1 N–H and O–H groups in total. The van der Waals surface area contributed by atoms with Gasteiger partial charge in [-0.1, -0.05) is 41.4 Å². The Balaban J connectivity index is 1.90. The van der Waals surface area contributed by atoms with Gasteiger partial charge in [0.2, 0.25) is 0 Å². The SMILES string of the molecule is C[C@@H](Oc1ccccc1)c1nc2cc(Cl)c(Cl)cc2[nH]1. The van der Waals surface area contributed by atoms with Crippen molar-refractivity contribution >= 4 is 34.2 Å². The second-order valence-corrected chi connectivity index (χ2v) is 5.29. The Morgan fingerprint density at radius 1 is 1.10 bits per heavy atom. The Morgan fingerprint density at radius 2 is 1.80 bits per heavy atom. The van der Waals surface area contributed by atoms with Crippen LogP contribution in [0, 0.1) is 0 Å². The van der Waals surface area contributed by atoms with Crippen LogP contribution in [-0.4, -0.2) is 9.97 Å². The lowest BCUT2D eigenvalue weighted by Crippen LogP contribution is -2.04. The first-order valence-electron chi connectivity index (χ1n) is 6.20. The first-order valence-corrected chi connectivity index (χ1v) is 6.95. The summed E-state index contributed by atoms with van der Waals surface area (Å²) in [5.74, 6) is 1.54. The van der Waals surface area contributed by atoms with Crippen molar-refractivity contribution in [1.29, 1.82) is 0 Å². The molecule has 0 radical (unpaired) electrons. The lowest BCUT2D eigenvalue weighted by atomic mass is 10.3. The van der Waals surface area contributed by atoms with Crippen LogP contribution >= 0.6 is 23.2 Å². The smallest absolute Gasteiger partial charge is 0.153 e. The number of benzene rings is 2. The van der Waals surface area contributed by atoms with Crippen molar-refractivity contribution in [2.45, 2.75) is 13.0 Å². The molecule has 1 aromatic heterocycles. The van der Waals surface area contributed by atoms with Crippen molar-refractivity contribution in [2.75, 3.05) is 0 Å². The predicted molar refractivity (Wildman–Crippen MR) is 81.6 cm³/mol. The molecule has 1 atom stereocenters. The normalized spacial score (nSPS) is 12.6. The Kier molecular flexibility index (Phi) is 3.55. The summed E-state index contributed by atoms with van der Waals surface area (Å²) in [6, 6.07) is 13.1. The van der Waals surface area contributed by atoms with Crippen molar-refractivity contribution in [2.24, 2.45) is 0 Å². The van der Waals surface area contributed by atoms with Crippen LogP contribution < -0.4 is 4.74 Å². The number of aromatic amines is 1. The minimum Gasteiger partial charge on any atom is -0.483 e. The molecule has 102 valence electrons. The van der Waals surface area contributed by atoms with E-state index in [2.05, 4.69) is 9.97 Å². The van der Waals surface area contributed by atoms with Crippen molar-refractivity contribution < 1.29 is 4.74 Å². The third-order valence-electron chi connectivity index (χ3n) is 2.98. The lowest BCUT2D eigenvalue weighted by Gasteiger charge is -2.11. The molecule has 0 amide bonds. The molecule has 20 heavy (non-hydrogen) atoms. The number of nitrogens with one attached hydrogen (secondary N) is 1. The monoisotopic (exact) mass is 306 g/mol. The zero-order valence-corrected chi connectivity index (χ0v) is 12.2. The topological polar surface area (TPSA) is 37.9 Å². The highest BCUT2D eigenvalue weighted by atomic mass is 35.5. The quantitative estimate of drug-likeness (QED) is 0.738. The first-order chi connectivity index (χ1) is 9.63. The maximum atomic E-state index is 6.00.